The van der Waals surface area contributed by atoms with Gasteiger partial charge >= 0.3 is 0 Å². The zero-order valence-electron chi connectivity index (χ0n) is 23.8. The molecule has 3 heteroatoms. The number of rotatable bonds is 4. The number of benzene rings is 8. The fourth-order valence-corrected chi connectivity index (χ4v) is 7.68. The molecule has 9 rings (SSSR count). The van der Waals surface area contributed by atoms with Crippen LogP contribution in [0.2, 0.25) is 0 Å². The summed E-state index contributed by atoms with van der Waals surface area (Å²) in [5.41, 5.74) is 5.57. The van der Waals surface area contributed by atoms with E-state index in [0.29, 0.717) is 0 Å². The van der Waals surface area contributed by atoms with Crippen molar-refractivity contribution in [1.82, 2.24) is 4.98 Å². The molecule has 0 saturated carbocycles. The number of aromatic nitrogens is 1. The van der Waals surface area contributed by atoms with Crippen LogP contribution in [0, 0.1) is 0 Å². The Balaban J connectivity index is 1.18. The average molecular weight is 579 g/mol. The van der Waals surface area contributed by atoms with E-state index in [0.717, 1.165) is 33.1 Å². The third kappa shape index (κ3) is 3.98. The fourth-order valence-electron chi connectivity index (χ4n) is 6.56. The summed E-state index contributed by atoms with van der Waals surface area (Å²) in [6.45, 7) is 0. The van der Waals surface area contributed by atoms with Gasteiger partial charge in [-0.2, -0.15) is 0 Å². The molecule has 0 fully saturated rings. The van der Waals surface area contributed by atoms with E-state index >= 15 is 0 Å². The van der Waals surface area contributed by atoms with E-state index in [4.69, 9.17) is 4.98 Å². The largest absolute Gasteiger partial charge is 0.310 e. The van der Waals surface area contributed by atoms with Gasteiger partial charge in [0.15, 0.2) is 0 Å². The van der Waals surface area contributed by atoms with Crippen LogP contribution < -0.4 is 4.90 Å². The Morgan fingerprint density at radius 2 is 0.955 bits per heavy atom. The first-order valence-corrected chi connectivity index (χ1v) is 15.7. The average Bonchev–Trinajstić information content (AvgIpc) is 3.56. The van der Waals surface area contributed by atoms with Crippen molar-refractivity contribution in [1.29, 1.82) is 0 Å². The number of hydrogen-bond donors (Lipinski definition) is 0. The van der Waals surface area contributed by atoms with Crippen LogP contribution in [0.4, 0.5) is 17.1 Å². The number of anilines is 3. The first-order chi connectivity index (χ1) is 21.8. The highest BCUT2D eigenvalue weighted by molar-refractivity contribution is 7.22. The normalized spacial score (nSPS) is 11.6. The van der Waals surface area contributed by atoms with Gasteiger partial charge in [-0.15, -0.1) is 11.3 Å². The van der Waals surface area contributed by atoms with E-state index in [1.54, 1.807) is 11.3 Å². The molecular formula is C41H26N2S. The summed E-state index contributed by atoms with van der Waals surface area (Å²) in [6.07, 6.45) is 0. The van der Waals surface area contributed by atoms with Crippen LogP contribution in [-0.2, 0) is 0 Å². The molecule has 0 N–H and O–H groups in total. The van der Waals surface area contributed by atoms with Gasteiger partial charge in [0.1, 0.15) is 5.01 Å². The summed E-state index contributed by atoms with van der Waals surface area (Å²) in [6, 6.07) is 56.6. The molecule has 44 heavy (non-hydrogen) atoms. The topological polar surface area (TPSA) is 16.1 Å². The number of hydrogen-bond acceptors (Lipinski definition) is 3. The maximum atomic E-state index is 5.22. The molecule has 1 heterocycles. The van der Waals surface area contributed by atoms with Crippen LogP contribution >= 0.6 is 11.3 Å². The van der Waals surface area contributed by atoms with E-state index in [2.05, 4.69) is 163 Å². The van der Waals surface area contributed by atoms with Crippen molar-refractivity contribution in [3.8, 4) is 10.6 Å². The van der Waals surface area contributed by atoms with Gasteiger partial charge in [0, 0.05) is 33.4 Å². The van der Waals surface area contributed by atoms with Crippen molar-refractivity contribution < 1.29 is 0 Å². The predicted molar refractivity (Wildman–Crippen MR) is 190 cm³/mol. The van der Waals surface area contributed by atoms with Crippen LogP contribution in [0.3, 0.4) is 0 Å². The molecule has 0 bridgehead atoms. The standard InChI is InChI=1S/C41H26N2S/c1-2-11-30(12-3-1)43(32-25-20-28-19-18-27-10-4-5-13-33(27)38(28)26-32)31-23-21-29(22-24-31)41-42-39-36-16-8-6-14-34(36)35-15-7-9-17-37(35)40(39)44-41/h1-26H. The van der Waals surface area contributed by atoms with Crippen molar-refractivity contribution in [2.75, 3.05) is 4.90 Å². The quantitative estimate of drug-likeness (QED) is 0.193. The van der Waals surface area contributed by atoms with Crippen molar-refractivity contribution in [3.63, 3.8) is 0 Å². The van der Waals surface area contributed by atoms with Crippen molar-refractivity contribution >= 4 is 81.7 Å². The molecule has 0 atom stereocenters. The summed E-state index contributed by atoms with van der Waals surface area (Å²) < 4.78 is 1.24. The lowest BCUT2D eigenvalue weighted by Crippen LogP contribution is -2.09. The first kappa shape index (κ1) is 25.0. The minimum absolute atomic E-state index is 1.04. The minimum Gasteiger partial charge on any atom is -0.310 e. The fraction of sp³-hybridized carbons (Fsp3) is 0. The summed E-state index contributed by atoms with van der Waals surface area (Å²) >= 11 is 1.78. The Bertz CT molecular complexity index is 2420. The SMILES string of the molecule is c1ccc(N(c2ccc(-c3nc4c5ccccc5c5ccccc5c4s3)cc2)c2ccc3ccc4ccccc4c3c2)cc1. The molecular weight excluding hydrogens is 553 g/mol. The van der Waals surface area contributed by atoms with Crippen LogP contribution in [0.25, 0.3) is 63.9 Å². The molecule has 0 amide bonds. The molecule has 9 aromatic rings. The molecule has 0 spiro atoms. The molecule has 206 valence electrons. The van der Waals surface area contributed by atoms with Crippen LogP contribution in [0.15, 0.2) is 158 Å². The summed E-state index contributed by atoms with van der Waals surface area (Å²) in [7, 11) is 0. The monoisotopic (exact) mass is 578 g/mol. The van der Waals surface area contributed by atoms with Gasteiger partial charge in [-0.1, -0.05) is 109 Å². The molecule has 0 aliphatic heterocycles. The summed E-state index contributed by atoms with van der Waals surface area (Å²) in [5, 5.41) is 11.1. The summed E-state index contributed by atoms with van der Waals surface area (Å²) in [4.78, 5) is 7.56. The number of para-hydroxylation sites is 1. The highest BCUT2D eigenvalue weighted by Crippen LogP contribution is 2.42. The number of fused-ring (bicyclic) bond motifs is 9. The van der Waals surface area contributed by atoms with Gasteiger partial charge in [0.25, 0.3) is 0 Å². The molecule has 0 aliphatic rings. The highest BCUT2D eigenvalue weighted by atomic mass is 32.1. The van der Waals surface area contributed by atoms with E-state index in [9.17, 15) is 0 Å². The van der Waals surface area contributed by atoms with Gasteiger partial charge in [-0.25, -0.2) is 4.98 Å². The van der Waals surface area contributed by atoms with Gasteiger partial charge in [0.2, 0.25) is 0 Å². The zero-order chi connectivity index (χ0) is 29.0. The van der Waals surface area contributed by atoms with E-state index < -0.39 is 0 Å². The maximum Gasteiger partial charge on any atom is 0.124 e. The van der Waals surface area contributed by atoms with Crippen molar-refractivity contribution in [2.45, 2.75) is 0 Å². The molecule has 0 aliphatic carbocycles. The van der Waals surface area contributed by atoms with E-state index in [1.807, 2.05) is 0 Å². The Labute approximate surface area is 259 Å². The lowest BCUT2D eigenvalue weighted by molar-refractivity contribution is 1.29. The Hall–Kier alpha value is -5.51. The molecule has 0 saturated heterocycles. The second-order valence-corrected chi connectivity index (χ2v) is 12.2. The Morgan fingerprint density at radius 3 is 1.73 bits per heavy atom. The van der Waals surface area contributed by atoms with Crippen LogP contribution in [-0.4, -0.2) is 4.98 Å². The second-order valence-electron chi connectivity index (χ2n) is 11.2. The predicted octanol–water partition coefficient (Wildman–Crippen LogP) is 12.0. The van der Waals surface area contributed by atoms with E-state index in [-0.39, 0.29) is 0 Å². The summed E-state index contributed by atoms with van der Waals surface area (Å²) in [5.74, 6) is 0. The van der Waals surface area contributed by atoms with Gasteiger partial charge < -0.3 is 4.90 Å². The van der Waals surface area contributed by atoms with E-state index in [1.165, 1.54) is 47.8 Å². The lowest BCUT2D eigenvalue weighted by Gasteiger charge is -2.26. The smallest absolute Gasteiger partial charge is 0.124 e. The van der Waals surface area contributed by atoms with Crippen molar-refractivity contribution in [3.05, 3.63) is 158 Å². The lowest BCUT2D eigenvalue weighted by atomic mass is 10.0. The third-order valence-corrected chi connectivity index (χ3v) is 9.78. The molecule has 0 radical (unpaired) electrons. The molecule has 8 aromatic carbocycles. The Morgan fingerprint density at radius 1 is 0.409 bits per heavy atom. The Kier molecular flexibility index (Phi) is 5.71. The van der Waals surface area contributed by atoms with Gasteiger partial charge in [-0.3, -0.25) is 0 Å². The second kappa shape index (κ2) is 10.0. The van der Waals surface area contributed by atoms with Gasteiger partial charge in [-0.05, 0) is 80.8 Å². The third-order valence-electron chi connectivity index (χ3n) is 8.65. The van der Waals surface area contributed by atoms with Crippen molar-refractivity contribution in [2.24, 2.45) is 0 Å². The minimum atomic E-state index is 1.04. The first-order valence-electron chi connectivity index (χ1n) is 14.9. The molecule has 0 unspecified atom stereocenters. The zero-order valence-corrected chi connectivity index (χ0v) is 24.6. The maximum absolute atomic E-state index is 5.22. The molecule has 2 nitrogen and oxygen atoms in total. The highest BCUT2D eigenvalue weighted by Gasteiger charge is 2.17. The van der Waals surface area contributed by atoms with Gasteiger partial charge in [0.05, 0.1) is 10.2 Å². The number of thiazole rings is 1. The molecule has 1 aromatic heterocycles. The van der Waals surface area contributed by atoms with Crippen LogP contribution in [0.5, 0.6) is 0 Å². The number of nitrogens with zero attached hydrogens (tertiary/aromatic N) is 2. The van der Waals surface area contributed by atoms with Crippen LogP contribution in [0.1, 0.15) is 0 Å².